The van der Waals surface area contributed by atoms with Gasteiger partial charge in [0.1, 0.15) is 11.6 Å². The van der Waals surface area contributed by atoms with Crippen molar-refractivity contribution in [3.05, 3.63) is 71.5 Å². The number of carbonyl (C=O) groups is 1. The number of sulfonamides is 1. The maximum absolute atomic E-state index is 14.3. The third-order valence-electron chi connectivity index (χ3n) is 7.13. The molecule has 0 saturated carbocycles. The monoisotopic (exact) mass is 598 g/mol. The van der Waals surface area contributed by atoms with Gasteiger partial charge >= 0.3 is 0 Å². The summed E-state index contributed by atoms with van der Waals surface area (Å²) in [7, 11) is -2.45. The summed E-state index contributed by atoms with van der Waals surface area (Å²) >= 11 is 0.948. The van der Waals surface area contributed by atoms with Crippen LogP contribution in [0.1, 0.15) is 42.6 Å². The van der Waals surface area contributed by atoms with E-state index in [4.69, 9.17) is 9.51 Å². The fourth-order valence-corrected chi connectivity index (χ4v) is 7.21. The Morgan fingerprint density at radius 2 is 1.93 bits per heavy atom. The van der Waals surface area contributed by atoms with Crippen LogP contribution in [-0.2, 0) is 14.8 Å². The Balaban J connectivity index is 1.58. The molecule has 1 atom stereocenters. The quantitative estimate of drug-likeness (QED) is 0.285. The first-order valence-corrected chi connectivity index (χ1v) is 15.0. The van der Waals surface area contributed by atoms with Crippen LogP contribution in [0.5, 0.6) is 0 Å². The Kier molecular flexibility index (Phi) is 6.71. The molecule has 1 aliphatic rings. The Morgan fingerprint density at radius 1 is 1.12 bits per heavy atom. The number of halogens is 2. The lowest BCUT2D eigenvalue weighted by Crippen LogP contribution is -2.39. The Labute approximate surface area is 237 Å². The Hall–Kier alpha value is -4.01. The molecule has 1 N–H and O–H groups in total. The minimum Gasteiger partial charge on any atom is -0.361 e. The lowest BCUT2D eigenvalue weighted by atomic mass is 9.99. The third-order valence-corrected chi connectivity index (χ3v) is 9.99. The summed E-state index contributed by atoms with van der Waals surface area (Å²) in [5.74, 6) is -1.30. The molecule has 0 aliphatic carbocycles. The van der Waals surface area contributed by atoms with Crippen molar-refractivity contribution in [3.8, 4) is 16.3 Å². The number of amides is 1. The van der Waals surface area contributed by atoms with Gasteiger partial charge in [0.25, 0.3) is 10.0 Å². The number of hydrogen-bond acceptors (Lipinski definition) is 8. The van der Waals surface area contributed by atoms with Crippen molar-refractivity contribution >= 4 is 44.0 Å². The zero-order valence-electron chi connectivity index (χ0n) is 22.2. The molecular weight excluding hydrogens is 574 g/mol. The first-order chi connectivity index (χ1) is 19.6. The number of piperidine rings is 1. The van der Waals surface area contributed by atoms with Gasteiger partial charge in [-0.3, -0.25) is 9.36 Å². The normalized spacial score (nSPS) is 16.2. The summed E-state index contributed by atoms with van der Waals surface area (Å²) in [6, 6.07) is 8.27. The highest BCUT2D eigenvalue weighted by Gasteiger charge is 2.35. The van der Waals surface area contributed by atoms with E-state index in [9.17, 15) is 22.0 Å². The van der Waals surface area contributed by atoms with Crippen LogP contribution in [0, 0.1) is 25.5 Å². The molecule has 0 spiro atoms. The molecule has 212 valence electrons. The number of hydrogen-bond donors (Lipinski definition) is 1. The predicted molar refractivity (Wildman–Crippen MR) is 148 cm³/mol. The van der Waals surface area contributed by atoms with E-state index in [1.54, 1.807) is 4.57 Å². The van der Waals surface area contributed by atoms with Crippen LogP contribution in [0.25, 0.3) is 27.3 Å². The molecule has 0 bridgehead atoms. The van der Waals surface area contributed by atoms with Crippen molar-refractivity contribution in [2.75, 3.05) is 11.9 Å². The summed E-state index contributed by atoms with van der Waals surface area (Å²) in [4.78, 5) is 24.0. The number of aryl methyl sites for hydroxylation is 2. The number of thiazole rings is 1. The van der Waals surface area contributed by atoms with Crippen LogP contribution in [0.2, 0.25) is 0 Å². The van der Waals surface area contributed by atoms with Crippen LogP contribution in [0.15, 0.2) is 51.3 Å². The van der Waals surface area contributed by atoms with Gasteiger partial charge in [0.15, 0.2) is 21.0 Å². The van der Waals surface area contributed by atoms with Crippen LogP contribution in [0.4, 0.5) is 14.5 Å². The van der Waals surface area contributed by atoms with Gasteiger partial charge < -0.3 is 9.42 Å². The second-order valence-corrected chi connectivity index (χ2v) is 12.8. The van der Waals surface area contributed by atoms with Crippen molar-refractivity contribution in [1.82, 2.24) is 24.4 Å². The molecule has 2 aromatic carbocycles. The Morgan fingerprint density at radius 3 is 2.63 bits per heavy atom. The highest BCUT2D eigenvalue weighted by Crippen LogP contribution is 2.40. The number of carbonyl (C=O) groups excluding carboxylic acids is 1. The topological polar surface area (TPSA) is 123 Å². The fourth-order valence-electron chi connectivity index (χ4n) is 5.23. The maximum atomic E-state index is 14.3. The number of benzene rings is 2. The number of fused-ring (bicyclic) bond motifs is 1. The fraction of sp³-hybridized carbons (Fsp3) is 0.259. The molecule has 41 heavy (non-hydrogen) atoms. The van der Waals surface area contributed by atoms with Gasteiger partial charge in [-0.05, 0) is 63.6 Å². The molecule has 5 aromatic rings. The molecule has 1 unspecified atom stereocenters. The minimum atomic E-state index is -3.76. The Bertz CT molecular complexity index is 1910. The van der Waals surface area contributed by atoms with E-state index >= 15 is 0 Å². The summed E-state index contributed by atoms with van der Waals surface area (Å²) in [5.41, 5.74) is 3.75. The largest absolute Gasteiger partial charge is 0.361 e. The zero-order chi connectivity index (χ0) is 29.1. The van der Waals surface area contributed by atoms with Gasteiger partial charge in [0, 0.05) is 23.7 Å². The van der Waals surface area contributed by atoms with Gasteiger partial charge in [0.05, 0.1) is 29.0 Å². The average molecular weight is 599 g/mol. The van der Waals surface area contributed by atoms with E-state index in [0.29, 0.717) is 46.3 Å². The van der Waals surface area contributed by atoms with E-state index in [0.717, 1.165) is 34.6 Å². The second kappa shape index (κ2) is 10.1. The summed E-state index contributed by atoms with van der Waals surface area (Å²) < 4.78 is 62.5. The van der Waals surface area contributed by atoms with Crippen LogP contribution >= 0.6 is 11.3 Å². The molecule has 14 heteroatoms. The van der Waals surface area contributed by atoms with Crippen molar-refractivity contribution in [1.29, 1.82) is 0 Å². The molecule has 1 amide bonds. The van der Waals surface area contributed by atoms with Crippen LogP contribution in [0.3, 0.4) is 0 Å². The van der Waals surface area contributed by atoms with E-state index in [-0.39, 0.29) is 22.2 Å². The van der Waals surface area contributed by atoms with Crippen molar-refractivity contribution in [3.63, 3.8) is 0 Å². The average Bonchev–Trinajstić information content (AvgIpc) is 3.67. The molecule has 1 fully saturated rings. The van der Waals surface area contributed by atoms with Crippen molar-refractivity contribution in [2.24, 2.45) is 0 Å². The summed E-state index contributed by atoms with van der Waals surface area (Å²) in [5, 5.41) is 4.37. The lowest BCUT2D eigenvalue weighted by Gasteiger charge is -2.35. The van der Waals surface area contributed by atoms with Gasteiger partial charge in [0.2, 0.25) is 5.91 Å². The standard InChI is InChI=1S/C27H24F2N6O4S2/c1-14-25(15(2)39-33-14)16-7-10-21-20(11-16)32-26(35(21)27-31-13-24(40-27)41(37,38)30-3)22-5-4-6-23(36)34(22)17-8-9-18(28)19(29)12-17/h7-13,22,30H,4-6H2,1-3H3. The maximum Gasteiger partial charge on any atom is 0.251 e. The van der Waals surface area contributed by atoms with E-state index in [1.807, 2.05) is 32.0 Å². The van der Waals surface area contributed by atoms with Crippen molar-refractivity contribution in [2.45, 2.75) is 43.4 Å². The number of nitrogens with one attached hydrogen (secondary N) is 1. The first kappa shape index (κ1) is 27.2. The molecule has 0 radical (unpaired) electrons. The molecular formula is C27H24F2N6O4S2. The van der Waals surface area contributed by atoms with Gasteiger partial charge in [-0.15, -0.1) is 0 Å². The molecule has 1 aliphatic heterocycles. The number of rotatable bonds is 6. The third kappa shape index (κ3) is 4.61. The van der Waals surface area contributed by atoms with Gasteiger partial charge in [-0.2, -0.15) is 0 Å². The molecule has 3 aromatic heterocycles. The number of imidazole rings is 1. The molecule has 4 heterocycles. The first-order valence-electron chi connectivity index (χ1n) is 12.7. The number of anilines is 1. The van der Waals surface area contributed by atoms with Gasteiger partial charge in [-0.25, -0.2) is 31.9 Å². The van der Waals surface area contributed by atoms with E-state index in [2.05, 4.69) is 14.9 Å². The minimum absolute atomic E-state index is 0.00678. The molecule has 1 saturated heterocycles. The summed E-state index contributed by atoms with van der Waals surface area (Å²) in [6.07, 6.45) is 2.53. The number of nitrogens with zero attached hydrogens (tertiary/aromatic N) is 5. The van der Waals surface area contributed by atoms with Crippen molar-refractivity contribution < 1.29 is 26.5 Å². The highest BCUT2D eigenvalue weighted by atomic mass is 32.2. The van der Waals surface area contributed by atoms with Crippen LogP contribution < -0.4 is 9.62 Å². The highest BCUT2D eigenvalue weighted by molar-refractivity contribution is 7.91. The molecule has 6 rings (SSSR count). The molecule has 10 nitrogen and oxygen atoms in total. The predicted octanol–water partition coefficient (Wildman–Crippen LogP) is 5.20. The van der Waals surface area contributed by atoms with E-state index in [1.165, 1.54) is 24.2 Å². The zero-order valence-corrected chi connectivity index (χ0v) is 23.8. The second-order valence-electron chi connectivity index (χ2n) is 9.65. The SMILES string of the molecule is CNS(=O)(=O)c1cnc(-n2c(C3CCCC(=O)N3c3ccc(F)c(F)c3)nc3cc(-c4c(C)noc4C)ccc32)s1. The van der Waals surface area contributed by atoms with E-state index < -0.39 is 27.7 Å². The lowest BCUT2D eigenvalue weighted by molar-refractivity contribution is -0.120. The van der Waals surface area contributed by atoms with Gasteiger partial charge in [-0.1, -0.05) is 22.6 Å². The number of aromatic nitrogens is 4. The smallest absolute Gasteiger partial charge is 0.251 e. The van der Waals surface area contributed by atoms with Crippen LogP contribution in [-0.4, -0.2) is 41.1 Å². The summed E-state index contributed by atoms with van der Waals surface area (Å²) in [6.45, 7) is 3.66.